The minimum atomic E-state index is -0.567. The summed E-state index contributed by atoms with van der Waals surface area (Å²) >= 11 is 4.45. The molecule has 9 nitrogen and oxygen atoms in total. The Hall–Kier alpha value is -2.33. The van der Waals surface area contributed by atoms with E-state index in [0.717, 1.165) is 13.1 Å². The van der Waals surface area contributed by atoms with Gasteiger partial charge in [0.25, 0.3) is 5.69 Å². The number of nitro benzene ring substituents is 1. The van der Waals surface area contributed by atoms with Crippen LogP contribution in [0.1, 0.15) is 12.0 Å². The molecule has 2 heterocycles. The predicted molar refractivity (Wildman–Crippen MR) is 105 cm³/mol. The summed E-state index contributed by atoms with van der Waals surface area (Å²) in [7, 11) is 2.02. The molecule has 1 aromatic carbocycles. The molecule has 3 rings (SSSR count). The van der Waals surface area contributed by atoms with E-state index in [4.69, 9.17) is 4.74 Å². The van der Waals surface area contributed by atoms with E-state index in [1.165, 1.54) is 17.0 Å². The lowest BCUT2D eigenvalue weighted by Gasteiger charge is -2.35. The minimum Gasteiger partial charge on any atom is -0.445 e. The number of likely N-dealkylation sites (tertiary alicyclic amines) is 1. The molecule has 2 saturated heterocycles. The average Bonchev–Trinajstić information content (AvgIpc) is 3.08. The molecular weight excluding hydrogens is 384 g/mol. The van der Waals surface area contributed by atoms with Gasteiger partial charge in [0.05, 0.1) is 4.92 Å². The minimum absolute atomic E-state index is 0.0139. The highest BCUT2D eigenvalue weighted by Gasteiger charge is 2.41. The van der Waals surface area contributed by atoms with Crippen LogP contribution >= 0.6 is 12.6 Å². The number of likely N-dealkylation sites (N-methyl/N-ethyl adjacent to an activating group) is 1. The number of benzene rings is 1. The summed E-state index contributed by atoms with van der Waals surface area (Å²) < 4.78 is 5.35. The lowest BCUT2D eigenvalue weighted by Crippen LogP contribution is -2.53. The molecule has 0 aliphatic carbocycles. The Morgan fingerprint density at radius 2 is 1.86 bits per heavy atom. The van der Waals surface area contributed by atoms with E-state index in [1.807, 2.05) is 7.05 Å². The van der Waals surface area contributed by atoms with Gasteiger partial charge in [0.1, 0.15) is 12.6 Å². The number of piperazine rings is 1. The van der Waals surface area contributed by atoms with Crippen molar-refractivity contribution >= 4 is 30.3 Å². The van der Waals surface area contributed by atoms with Crippen LogP contribution in [-0.2, 0) is 16.1 Å². The normalized spacial score (nSPS) is 22.9. The highest BCUT2D eigenvalue weighted by Crippen LogP contribution is 2.25. The molecule has 0 unspecified atom stereocenters. The Morgan fingerprint density at radius 1 is 1.21 bits per heavy atom. The monoisotopic (exact) mass is 408 g/mol. The van der Waals surface area contributed by atoms with Gasteiger partial charge in [-0.1, -0.05) is 0 Å². The highest BCUT2D eigenvalue weighted by molar-refractivity contribution is 7.81. The molecular formula is C18H24N4O5S. The number of rotatable bonds is 4. The summed E-state index contributed by atoms with van der Waals surface area (Å²) in [6.07, 6.45) is -0.0663. The van der Waals surface area contributed by atoms with Crippen molar-refractivity contribution in [3.8, 4) is 0 Å². The molecule has 2 amide bonds. The van der Waals surface area contributed by atoms with Gasteiger partial charge in [-0.25, -0.2) is 4.79 Å². The van der Waals surface area contributed by atoms with Crippen LogP contribution in [0.25, 0.3) is 0 Å². The lowest BCUT2D eigenvalue weighted by molar-refractivity contribution is -0.384. The van der Waals surface area contributed by atoms with Crippen LogP contribution < -0.4 is 0 Å². The summed E-state index contributed by atoms with van der Waals surface area (Å²) in [5, 5.41) is 10.6. The van der Waals surface area contributed by atoms with Crippen molar-refractivity contribution in [2.45, 2.75) is 24.3 Å². The Balaban J connectivity index is 1.59. The number of amides is 2. The summed E-state index contributed by atoms with van der Waals surface area (Å²) in [5.74, 6) is -0.0584. The molecule has 2 aliphatic rings. The average molecular weight is 408 g/mol. The molecule has 10 heteroatoms. The summed E-state index contributed by atoms with van der Waals surface area (Å²) in [4.78, 5) is 41.1. The first-order valence-electron chi connectivity index (χ1n) is 9.17. The smallest absolute Gasteiger partial charge is 0.410 e. The van der Waals surface area contributed by atoms with Gasteiger partial charge >= 0.3 is 6.09 Å². The summed E-state index contributed by atoms with van der Waals surface area (Å²) in [6.45, 7) is 3.26. The Morgan fingerprint density at radius 3 is 2.46 bits per heavy atom. The molecule has 0 saturated carbocycles. The third-order valence-corrected chi connectivity index (χ3v) is 5.50. The second-order valence-electron chi connectivity index (χ2n) is 7.16. The quantitative estimate of drug-likeness (QED) is 0.459. The number of hydrogen-bond acceptors (Lipinski definition) is 7. The molecule has 2 fully saturated rings. The van der Waals surface area contributed by atoms with E-state index in [2.05, 4.69) is 17.5 Å². The van der Waals surface area contributed by atoms with Crippen LogP contribution in [0.2, 0.25) is 0 Å². The van der Waals surface area contributed by atoms with E-state index in [-0.39, 0.29) is 23.5 Å². The largest absolute Gasteiger partial charge is 0.445 e. The zero-order valence-electron chi connectivity index (χ0n) is 15.7. The van der Waals surface area contributed by atoms with Crippen molar-refractivity contribution in [3.63, 3.8) is 0 Å². The van der Waals surface area contributed by atoms with Gasteiger partial charge in [-0.2, -0.15) is 12.6 Å². The first-order chi connectivity index (χ1) is 13.3. The number of thiol groups is 1. The second-order valence-corrected chi connectivity index (χ2v) is 7.89. The van der Waals surface area contributed by atoms with Crippen molar-refractivity contribution < 1.29 is 19.2 Å². The third-order valence-electron chi connectivity index (χ3n) is 5.12. The number of carbonyl (C=O) groups is 2. The van der Waals surface area contributed by atoms with E-state index in [1.54, 1.807) is 17.0 Å². The fourth-order valence-corrected chi connectivity index (χ4v) is 3.80. The van der Waals surface area contributed by atoms with Crippen molar-refractivity contribution in [1.82, 2.24) is 14.7 Å². The van der Waals surface area contributed by atoms with Crippen molar-refractivity contribution in [2.24, 2.45) is 0 Å². The van der Waals surface area contributed by atoms with E-state index in [9.17, 15) is 19.7 Å². The maximum Gasteiger partial charge on any atom is 0.410 e. The zero-order valence-corrected chi connectivity index (χ0v) is 16.6. The first-order valence-corrected chi connectivity index (χ1v) is 9.69. The molecule has 28 heavy (non-hydrogen) atoms. The Labute approximate surface area is 168 Å². The van der Waals surface area contributed by atoms with E-state index >= 15 is 0 Å². The lowest BCUT2D eigenvalue weighted by atomic mass is 10.1. The van der Waals surface area contributed by atoms with Crippen LogP contribution in [-0.4, -0.2) is 82.7 Å². The molecule has 0 radical (unpaired) electrons. The van der Waals surface area contributed by atoms with Gasteiger partial charge in [-0.15, -0.1) is 0 Å². The SMILES string of the molecule is CN1CCN(C(=O)[C@@H]2C[C@H](S)CN2C(=O)OCc2ccc([N+](=O)[O-])cc2)CC1. The molecule has 0 aromatic heterocycles. The summed E-state index contributed by atoms with van der Waals surface area (Å²) in [5.41, 5.74) is 0.618. The Bertz CT molecular complexity index is 736. The fourth-order valence-electron chi connectivity index (χ4n) is 3.43. The number of carbonyl (C=O) groups excluding carboxylic acids is 2. The Kier molecular flexibility index (Phi) is 6.40. The van der Waals surface area contributed by atoms with Crippen LogP contribution in [0.3, 0.4) is 0 Å². The molecule has 0 bridgehead atoms. The third kappa shape index (κ3) is 4.74. The molecule has 2 aliphatic heterocycles. The van der Waals surface area contributed by atoms with Crippen molar-refractivity contribution in [3.05, 3.63) is 39.9 Å². The number of ether oxygens (including phenoxy) is 1. The standard InChI is InChI=1S/C18H24N4O5S/c1-19-6-8-20(9-7-19)17(23)16-10-15(28)11-21(16)18(24)27-12-13-2-4-14(5-3-13)22(25)26/h2-5,15-16,28H,6-12H2,1H3/t15-,16-/m0/s1. The molecule has 152 valence electrons. The molecule has 0 spiro atoms. The van der Waals surface area contributed by atoms with Crippen LogP contribution in [0, 0.1) is 10.1 Å². The topological polar surface area (TPSA) is 96.2 Å². The van der Waals surface area contributed by atoms with E-state index < -0.39 is 17.1 Å². The van der Waals surface area contributed by atoms with E-state index in [0.29, 0.717) is 31.6 Å². The fraction of sp³-hybridized carbons (Fsp3) is 0.556. The van der Waals surface area contributed by atoms with Gasteiger partial charge in [-0.05, 0) is 31.2 Å². The van der Waals surface area contributed by atoms with Crippen molar-refractivity contribution in [2.75, 3.05) is 39.8 Å². The van der Waals surface area contributed by atoms with Crippen LogP contribution in [0.4, 0.5) is 10.5 Å². The first kappa shape index (κ1) is 20.4. The number of nitrogens with zero attached hydrogens (tertiary/aromatic N) is 4. The van der Waals surface area contributed by atoms with Gasteiger partial charge in [0.15, 0.2) is 0 Å². The predicted octanol–water partition coefficient (Wildman–Crippen LogP) is 1.38. The maximum atomic E-state index is 12.9. The van der Waals surface area contributed by atoms with Crippen LogP contribution in [0.15, 0.2) is 24.3 Å². The second kappa shape index (κ2) is 8.78. The molecule has 0 N–H and O–H groups in total. The van der Waals surface area contributed by atoms with Gasteiger partial charge < -0.3 is 14.5 Å². The summed E-state index contributed by atoms with van der Waals surface area (Å²) in [6, 6.07) is 5.26. The molecule has 1 aromatic rings. The van der Waals surface area contributed by atoms with Gasteiger partial charge in [0.2, 0.25) is 5.91 Å². The number of non-ortho nitro benzene ring substituents is 1. The van der Waals surface area contributed by atoms with Crippen LogP contribution in [0.5, 0.6) is 0 Å². The van der Waals surface area contributed by atoms with Crippen molar-refractivity contribution in [1.29, 1.82) is 0 Å². The van der Waals surface area contributed by atoms with Gasteiger partial charge in [-0.3, -0.25) is 19.8 Å². The highest BCUT2D eigenvalue weighted by atomic mass is 32.1. The number of nitro groups is 1. The van der Waals surface area contributed by atoms with Gasteiger partial charge in [0, 0.05) is 50.1 Å². The molecule has 2 atom stereocenters. The zero-order chi connectivity index (χ0) is 20.3. The number of hydrogen-bond donors (Lipinski definition) is 1. The maximum absolute atomic E-state index is 12.9.